The smallest absolute Gasteiger partial charge is 0.217 e. The molecule has 1 rings (SSSR count). The summed E-state index contributed by atoms with van der Waals surface area (Å²) < 4.78 is 10.4. The number of methoxy groups -OCH3 is 1. The van der Waals surface area contributed by atoms with Gasteiger partial charge in [-0.3, -0.25) is 4.79 Å². The third-order valence-corrected chi connectivity index (χ3v) is 2.38. The minimum Gasteiger partial charge on any atom is -0.379 e. The molecule has 0 aromatic heterocycles. The lowest BCUT2D eigenvalue weighted by Crippen LogP contribution is -2.56. The van der Waals surface area contributed by atoms with E-state index in [-0.39, 0.29) is 24.2 Å². The Kier molecular flexibility index (Phi) is 3.86. The Morgan fingerprint density at radius 3 is 2.79 bits per heavy atom. The van der Waals surface area contributed by atoms with Gasteiger partial charge in [0, 0.05) is 20.5 Å². The Bertz CT molecular complexity index is 209. The third-order valence-electron chi connectivity index (χ3n) is 2.38. The number of ether oxygens (including phenoxy) is 2. The predicted octanol–water partition coefficient (Wildman–Crippen LogP) is -0.367. The highest BCUT2D eigenvalue weighted by atomic mass is 16.6. The lowest BCUT2D eigenvalue weighted by molar-refractivity contribution is -0.201. The van der Waals surface area contributed by atoms with Gasteiger partial charge in [-0.15, -0.1) is 0 Å². The molecule has 5 nitrogen and oxygen atoms in total. The first kappa shape index (κ1) is 11.4. The van der Waals surface area contributed by atoms with E-state index in [1.807, 2.05) is 0 Å². The van der Waals surface area contributed by atoms with Gasteiger partial charge in [-0.25, -0.2) is 0 Å². The number of aliphatic hydroxyl groups excluding tert-OH is 1. The fraction of sp³-hybridized carbons (Fsp3) is 0.889. The lowest BCUT2D eigenvalue weighted by atomic mass is 9.99. The SMILES string of the molecule is CO[C@H]1C[C@H](O)O[C@@H](C)[C@@H]1NC(C)=O. The van der Waals surface area contributed by atoms with Crippen molar-refractivity contribution in [2.75, 3.05) is 7.11 Å². The van der Waals surface area contributed by atoms with Crippen LogP contribution in [-0.2, 0) is 14.3 Å². The van der Waals surface area contributed by atoms with Gasteiger partial charge in [0.2, 0.25) is 5.91 Å². The molecule has 2 N–H and O–H groups in total. The molecule has 1 fully saturated rings. The van der Waals surface area contributed by atoms with Crippen molar-refractivity contribution >= 4 is 5.91 Å². The van der Waals surface area contributed by atoms with E-state index in [9.17, 15) is 9.90 Å². The number of amides is 1. The van der Waals surface area contributed by atoms with E-state index < -0.39 is 6.29 Å². The van der Waals surface area contributed by atoms with Gasteiger partial charge in [0.05, 0.1) is 18.2 Å². The number of nitrogens with one attached hydrogen (secondary N) is 1. The van der Waals surface area contributed by atoms with Crippen LogP contribution in [-0.4, -0.2) is 42.7 Å². The molecule has 0 spiro atoms. The number of rotatable bonds is 2. The van der Waals surface area contributed by atoms with Crippen LogP contribution in [0.2, 0.25) is 0 Å². The van der Waals surface area contributed by atoms with E-state index in [1.165, 1.54) is 6.92 Å². The molecule has 1 aliphatic rings. The summed E-state index contributed by atoms with van der Waals surface area (Å²) in [6.07, 6.45) is -0.864. The molecular formula is C9H17NO4. The van der Waals surface area contributed by atoms with Crippen LogP contribution in [0, 0.1) is 0 Å². The van der Waals surface area contributed by atoms with E-state index in [2.05, 4.69) is 5.32 Å². The van der Waals surface area contributed by atoms with Gasteiger partial charge in [-0.05, 0) is 6.92 Å². The van der Waals surface area contributed by atoms with Gasteiger partial charge in [0.15, 0.2) is 6.29 Å². The first-order chi connectivity index (χ1) is 6.54. The zero-order valence-electron chi connectivity index (χ0n) is 8.69. The van der Waals surface area contributed by atoms with Crippen LogP contribution < -0.4 is 5.32 Å². The molecule has 14 heavy (non-hydrogen) atoms. The quantitative estimate of drug-likeness (QED) is 0.642. The fourth-order valence-electron chi connectivity index (χ4n) is 1.72. The molecule has 0 bridgehead atoms. The van der Waals surface area contributed by atoms with Crippen molar-refractivity contribution in [3.05, 3.63) is 0 Å². The summed E-state index contributed by atoms with van der Waals surface area (Å²) in [5.74, 6) is -0.121. The summed E-state index contributed by atoms with van der Waals surface area (Å²) in [6, 6.07) is -0.194. The van der Waals surface area contributed by atoms with Crippen molar-refractivity contribution in [2.24, 2.45) is 0 Å². The molecule has 1 heterocycles. The standard InChI is InChI=1S/C9H17NO4/c1-5-9(10-6(2)11)7(13-3)4-8(12)14-5/h5,7-9,12H,4H2,1-3H3,(H,10,11)/t5-,7-,8+,9-/m0/s1. The maximum atomic E-state index is 10.9. The number of aliphatic hydroxyl groups is 1. The number of hydrogen-bond acceptors (Lipinski definition) is 4. The molecule has 0 aromatic carbocycles. The van der Waals surface area contributed by atoms with Gasteiger partial charge >= 0.3 is 0 Å². The summed E-state index contributed by atoms with van der Waals surface area (Å²) >= 11 is 0. The van der Waals surface area contributed by atoms with Gasteiger partial charge in [-0.1, -0.05) is 0 Å². The van der Waals surface area contributed by atoms with E-state index in [0.29, 0.717) is 6.42 Å². The topological polar surface area (TPSA) is 67.8 Å². The van der Waals surface area contributed by atoms with E-state index in [0.717, 1.165) is 0 Å². The summed E-state index contributed by atoms with van der Waals surface area (Å²) in [6.45, 7) is 3.25. The minimum atomic E-state index is -0.806. The Balaban J connectivity index is 2.63. The summed E-state index contributed by atoms with van der Waals surface area (Å²) in [5.41, 5.74) is 0. The van der Waals surface area contributed by atoms with Gasteiger partial charge in [-0.2, -0.15) is 0 Å². The molecule has 0 radical (unpaired) electrons. The zero-order valence-corrected chi connectivity index (χ0v) is 8.69. The molecule has 1 amide bonds. The maximum absolute atomic E-state index is 10.9. The second kappa shape index (κ2) is 4.72. The number of hydrogen-bond donors (Lipinski definition) is 2. The molecule has 0 unspecified atom stereocenters. The van der Waals surface area contributed by atoms with Crippen LogP contribution in [0.3, 0.4) is 0 Å². The maximum Gasteiger partial charge on any atom is 0.217 e. The number of carbonyl (C=O) groups excluding carboxylic acids is 1. The predicted molar refractivity (Wildman–Crippen MR) is 49.6 cm³/mol. The van der Waals surface area contributed by atoms with Gasteiger partial charge in [0.25, 0.3) is 0 Å². The molecular weight excluding hydrogens is 186 g/mol. The highest BCUT2D eigenvalue weighted by molar-refractivity contribution is 5.73. The molecule has 1 aliphatic heterocycles. The second-order valence-electron chi connectivity index (χ2n) is 3.53. The van der Waals surface area contributed by atoms with Crippen molar-refractivity contribution in [1.82, 2.24) is 5.32 Å². The highest BCUT2D eigenvalue weighted by Crippen LogP contribution is 2.20. The van der Waals surface area contributed by atoms with Crippen molar-refractivity contribution in [3.8, 4) is 0 Å². The number of carbonyl (C=O) groups is 1. The van der Waals surface area contributed by atoms with E-state index >= 15 is 0 Å². The minimum absolute atomic E-state index is 0.121. The Morgan fingerprint density at radius 2 is 2.29 bits per heavy atom. The van der Waals surface area contributed by atoms with Crippen LogP contribution >= 0.6 is 0 Å². The third kappa shape index (κ3) is 2.67. The summed E-state index contributed by atoms with van der Waals surface area (Å²) in [5, 5.41) is 12.1. The monoisotopic (exact) mass is 203 g/mol. The Labute approximate surface area is 83.4 Å². The molecule has 1 saturated heterocycles. The van der Waals surface area contributed by atoms with E-state index in [1.54, 1.807) is 14.0 Å². The van der Waals surface area contributed by atoms with Gasteiger partial charge < -0.3 is 19.9 Å². The largest absolute Gasteiger partial charge is 0.379 e. The second-order valence-corrected chi connectivity index (χ2v) is 3.53. The Hall–Kier alpha value is -0.650. The first-order valence-corrected chi connectivity index (χ1v) is 4.68. The van der Waals surface area contributed by atoms with Crippen molar-refractivity contribution < 1.29 is 19.4 Å². The van der Waals surface area contributed by atoms with Crippen molar-refractivity contribution in [1.29, 1.82) is 0 Å². The molecule has 4 atom stereocenters. The average molecular weight is 203 g/mol. The molecule has 0 aromatic rings. The van der Waals surface area contributed by atoms with E-state index in [4.69, 9.17) is 9.47 Å². The zero-order chi connectivity index (χ0) is 10.7. The highest BCUT2D eigenvalue weighted by Gasteiger charge is 2.36. The van der Waals surface area contributed by atoms with Crippen LogP contribution in [0.25, 0.3) is 0 Å². The molecule has 5 heteroatoms. The van der Waals surface area contributed by atoms with Crippen LogP contribution in [0.15, 0.2) is 0 Å². The van der Waals surface area contributed by atoms with Crippen LogP contribution in [0.1, 0.15) is 20.3 Å². The van der Waals surface area contributed by atoms with Gasteiger partial charge in [0.1, 0.15) is 0 Å². The normalized spacial score (nSPS) is 38.0. The molecule has 82 valence electrons. The average Bonchev–Trinajstić information content (AvgIpc) is 2.08. The Morgan fingerprint density at radius 1 is 1.64 bits per heavy atom. The van der Waals surface area contributed by atoms with Crippen LogP contribution in [0.5, 0.6) is 0 Å². The molecule has 0 aliphatic carbocycles. The van der Waals surface area contributed by atoms with Crippen molar-refractivity contribution in [2.45, 2.75) is 44.8 Å². The summed E-state index contributed by atoms with van der Waals surface area (Å²) in [7, 11) is 1.56. The lowest BCUT2D eigenvalue weighted by Gasteiger charge is -2.38. The first-order valence-electron chi connectivity index (χ1n) is 4.68. The fourth-order valence-corrected chi connectivity index (χ4v) is 1.72. The summed E-state index contributed by atoms with van der Waals surface area (Å²) in [4.78, 5) is 10.9. The van der Waals surface area contributed by atoms with Crippen molar-refractivity contribution in [3.63, 3.8) is 0 Å². The van der Waals surface area contributed by atoms with Crippen LogP contribution in [0.4, 0.5) is 0 Å². The molecule has 0 saturated carbocycles.